The molecule has 20 heavy (non-hydrogen) atoms. The fraction of sp³-hybridized carbons (Fsp3) is 0.429. The molecule has 0 saturated heterocycles. The Morgan fingerprint density at radius 1 is 1.40 bits per heavy atom. The molecule has 1 N–H and O–H groups in total. The molecule has 0 fully saturated rings. The summed E-state index contributed by atoms with van der Waals surface area (Å²) in [6, 6.07) is 3.84. The number of aromatic amines is 1. The molecule has 0 radical (unpaired) electrons. The third kappa shape index (κ3) is 4.86. The van der Waals surface area contributed by atoms with Crippen LogP contribution in [0.1, 0.15) is 31.2 Å². The number of aromatic nitrogens is 3. The van der Waals surface area contributed by atoms with Gasteiger partial charge in [0.2, 0.25) is 5.16 Å². The summed E-state index contributed by atoms with van der Waals surface area (Å²) in [6.07, 6.45) is 3.97. The highest BCUT2D eigenvalue weighted by Gasteiger charge is 2.02. The van der Waals surface area contributed by atoms with E-state index >= 15 is 0 Å². The third-order valence-electron chi connectivity index (χ3n) is 2.41. The highest BCUT2D eigenvalue weighted by Crippen LogP contribution is 2.14. The van der Waals surface area contributed by atoms with Crippen LogP contribution in [0.5, 0.6) is 0 Å². The number of nitrogens with one attached hydrogen (secondary N) is 1. The van der Waals surface area contributed by atoms with Gasteiger partial charge in [-0.05, 0) is 45.1 Å². The van der Waals surface area contributed by atoms with E-state index in [4.69, 9.17) is 9.15 Å². The zero-order valence-electron chi connectivity index (χ0n) is 11.9. The number of rotatable bonds is 7. The Morgan fingerprint density at radius 2 is 2.25 bits per heavy atom. The Morgan fingerprint density at radius 3 is 2.95 bits per heavy atom. The highest BCUT2D eigenvalue weighted by atomic mass is 32.2. The van der Waals surface area contributed by atoms with Crippen molar-refractivity contribution in [3.8, 4) is 0 Å². The van der Waals surface area contributed by atoms with Gasteiger partial charge in [-0.3, -0.25) is 5.10 Å². The number of aryl methyl sites for hydroxylation is 1. The summed E-state index contributed by atoms with van der Waals surface area (Å²) in [5.41, 5.74) is 0. The van der Waals surface area contributed by atoms with Gasteiger partial charge in [0.05, 0.1) is 12.7 Å². The van der Waals surface area contributed by atoms with E-state index in [0.717, 1.165) is 22.4 Å². The minimum Gasteiger partial charge on any atom is -0.462 e. The normalized spacial score (nSPS) is 11.8. The Bertz CT molecular complexity index is 560. The Labute approximate surface area is 122 Å². The maximum Gasteiger partial charge on any atom is 0.208 e. The molecule has 0 amide bonds. The van der Waals surface area contributed by atoms with Crippen molar-refractivity contribution in [1.82, 2.24) is 15.2 Å². The van der Waals surface area contributed by atoms with Crippen LogP contribution in [-0.4, -0.2) is 33.6 Å². The fourth-order valence-corrected chi connectivity index (χ4v) is 2.15. The summed E-state index contributed by atoms with van der Waals surface area (Å²) < 4.78 is 10.9. The quantitative estimate of drug-likeness (QED) is 0.626. The standard InChI is InChI=1S/C14H19N3O2S/c1-10(2)18-8-9-20-14-15-13(16-17-14)7-6-12-5-4-11(3)19-12/h4-7,10H,8-9H2,1-3H3,(H,15,16,17)/b7-6+. The molecular weight excluding hydrogens is 274 g/mol. The van der Waals surface area contributed by atoms with Crippen molar-refractivity contribution in [3.63, 3.8) is 0 Å². The van der Waals surface area contributed by atoms with E-state index < -0.39 is 0 Å². The predicted molar refractivity (Wildman–Crippen MR) is 80.6 cm³/mol. The average Bonchev–Trinajstić information content (AvgIpc) is 3.01. The van der Waals surface area contributed by atoms with Crippen LogP contribution >= 0.6 is 11.8 Å². The summed E-state index contributed by atoms with van der Waals surface area (Å²) in [5, 5.41) is 7.75. The van der Waals surface area contributed by atoms with Crippen LogP contribution in [0.3, 0.4) is 0 Å². The molecule has 0 aliphatic heterocycles. The summed E-state index contributed by atoms with van der Waals surface area (Å²) in [4.78, 5) is 4.36. The third-order valence-corrected chi connectivity index (χ3v) is 3.23. The molecule has 0 unspecified atom stereocenters. The van der Waals surface area contributed by atoms with Gasteiger partial charge in [-0.15, -0.1) is 5.10 Å². The summed E-state index contributed by atoms with van der Waals surface area (Å²) in [5.74, 6) is 3.25. The fourth-order valence-electron chi connectivity index (χ4n) is 1.52. The predicted octanol–water partition coefficient (Wildman–Crippen LogP) is 3.39. The molecular formula is C14H19N3O2S. The number of H-pyrrole nitrogens is 1. The van der Waals surface area contributed by atoms with Crippen molar-refractivity contribution < 1.29 is 9.15 Å². The lowest BCUT2D eigenvalue weighted by Gasteiger charge is -2.04. The van der Waals surface area contributed by atoms with Gasteiger partial charge in [0.15, 0.2) is 0 Å². The Kier molecular flexibility index (Phi) is 5.43. The van der Waals surface area contributed by atoms with Crippen molar-refractivity contribution >= 4 is 23.9 Å². The van der Waals surface area contributed by atoms with Crippen molar-refractivity contribution in [2.45, 2.75) is 32.0 Å². The largest absolute Gasteiger partial charge is 0.462 e. The summed E-state index contributed by atoms with van der Waals surface area (Å²) >= 11 is 1.57. The van der Waals surface area contributed by atoms with E-state index in [1.54, 1.807) is 11.8 Å². The van der Waals surface area contributed by atoms with Gasteiger partial charge in [-0.25, -0.2) is 4.98 Å². The Hall–Kier alpha value is -1.53. The maximum absolute atomic E-state index is 5.47. The molecule has 0 spiro atoms. The Balaban J connectivity index is 1.81. The van der Waals surface area contributed by atoms with E-state index in [-0.39, 0.29) is 6.10 Å². The molecule has 2 aromatic rings. The van der Waals surface area contributed by atoms with E-state index in [2.05, 4.69) is 15.2 Å². The van der Waals surface area contributed by atoms with Crippen LogP contribution in [-0.2, 0) is 4.74 Å². The lowest BCUT2D eigenvalue weighted by Crippen LogP contribution is -2.05. The topological polar surface area (TPSA) is 63.9 Å². The lowest BCUT2D eigenvalue weighted by atomic mass is 10.4. The molecule has 0 bridgehead atoms. The van der Waals surface area contributed by atoms with Crippen molar-refractivity contribution in [2.24, 2.45) is 0 Å². The van der Waals surface area contributed by atoms with E-state index in [1.165, 1.54) is 0 Å². The molecule has 0 aliphatic rings. The van der Waals surface area contributed by atoms with E-state index in [0.29, 0.717) is 12.4 Å². The monoisotopic (exact) mass is 293 g/mol. The second-order valence-corrected chi connectivity index (χ2v) is 5.62. The second kappa shape index (κ2) is 7.31. The molecule has 6 heteroatoms. The number of hydrogen-bond acceptors (Lipinski definition) is 5. The molecule has 2 rings (SSSR count). The minimum atomic E-state index is 0.262. The van der Waals surface area contributed by atoms with Crippen molar-refractivity contribution in [2.75, 3.05) is 12.4 Å². The molecule has 0 aromatic carbocycles. The minimum absolute atomic E-state index is 0.262. The first-order chi connectivity index (χ1) is 9.63. The van der Waals surface area contributed by atoms with Gasteiger partial charge in [-0.1, -0.05) is 11.8 Å². The second-order valence-electron chi connectivity index (χ2n) is 4.55. The van der Waals surface area contributed by atoms with E-state index in [1.807, 2.05) is 45.1 Å². The average molecular weight is 293 g/mol. The number of nitrogens with zero attached hydrogens (tertiary/aromatic N) is 2. The number of ether oxygens (including phenoxy) is 1. The molecule has 2 aromatic heterocycles. The SMILES string of the molecule is Cc1ccc(/C=C/c2nc(SCCOC(C)C)n[nH]2)o1. The van der Waals surface area contributed by atoms with Gasteiger partial charge in [0, 0.05) is 5.75 Å². The van der Waals surface area contributed by atoms with Gasteiger partial charge in [0.25, 0.3) is 0 Å². The zero-order valence-corrected chi connectivity index (χ0v) is 12.7. The van der Waals surface area contributed by atoms with Gasteiger partial charge < -0.3 is 9.15 Å². The summed E-state index contributed by atoms with van der Waals surface area (Å²) in [7, 11) is 0. The van der Waals surface area contributed by atoms with Crippen LogP contribution in [0.15, 0.2) is 21.7 Å². The van der Waals surface area contributed by atoms with Gasteiger partial charge in [-0.2, -0.15) is 0 Å². The first-order valence-corrected chi connectivity index (χ1v) is 7.53. The number of thioether (sulfide) groups is 1. The molecule has 0 aliphatic carbocycles. The van der Waals surface area contributed by atoms with Crippen LogP contribution in [0.25, 0.3) is 12.2 Å². The number of furan rings is 1. The smallest absolute Gasteiger partial charge is 0.208 e. The van der Waals surface area contributed by atoms with Gasteiger partial charge >= 0.3 is 0 Å². The first kappa shape index (κ1) is 14.9. The van der Waals surface area contributed by atoms with Crippen LogP contribution < -0.4 is 0 Å². The first-order valence-electron chi connectivity index (χ1n) is 6.55. The molecule has 2 heterocycles. The van der Waals surface area contributed by atoms with Crippen molar-refractivity contribution in [3.05, 3.63) is 29.5 Å². The van der Waals surface area contributed by atoms with Crippen LogP contribution in [0.2, 0.25) is 0 Å². The number of hydrogen-bond donors (Lipinski definition) is 1. The van der Waals surface area contributed by atoms with Crippen LogP contribution in [0.4, 0.5) is 0 Å². The zero-order chi connectivity index (χ0) is 14.4. The maximum atomic E-state index is 5.47. The molecule has 0 atom stereocenters. The van der Waals surface area contributed by atoms with Crippen LogP contribution in [0, 0.1) is 6.92 Å². The van der Waals surface area contributed by atoms with Crippen molar-refractivity contribution in [1.29, 1.82) is 0 Å². The molecule has 5 nitrogen and oxygen atoms in total. The molecule has 0 saturated carbocycles. The highest BCUT2D eigenvalue weighted by molar-refractivity contribution is 7.99. The summed E-state index contributed by atoms with van der Waals surface area (Å²) in [6.45, 7) is 6.67. The van der Waals surface area contributed by atoms with Gasteiger partial charge in [0.1, 0.15) is 17.3 Å². The molecule has 108 valence electrons. The van der Waals surface area contributed by atoms with E-state index in [9.17, 15) is 0 Å². The lowest BCUT2D eigenvalue weighted by molar-refractivity contribution is 0.0920.